The largest absolute Gasteiger partial charge is 0.276 e. The number of benzene rings is 1. The summed E-state index contributed by atoms with van der Waals surface area (Å²) in [7, 11) is -3.52. The number of nitrogens with zero attached hydrogens (tertiary/aromatic N) is 4. The van der Waals surface area contributed by atoms with Crippen LogP contribution in [0.25, 0.3) is 0 Å². The predicted octanol–water partition coefficient (Wildman–Crippen LogP) is 3.58. The first-order chi connectivity index (χ1) is 14.1. The molecule has 2 aromatic rings. The Balaban J connectivity index is 1.93. The molecule has 3 rings (SSSR count). The zero-order valence-electron chi connectivity index (χ0n) is 17.8. The molecule has 160 valence electrons. The van der Waals surface area contributed by atoms with Gasteiger partial charge in [-0.15, -0.1) is 5.10 Å². The van der Waals surface area contributed by atoms with E-state index in [0.717, 1.165) is 33.9 Å². The normalized spacial score (nSPS) is 17.4. The minimum Gasteiger partial charge on any atom is -0.276 e. The summed E-state index contributed by atoms with van der Waals surface area (Å²) in [5, 5.41) is 4.27. The van der Waals surface area contributed by atoms with E-state index >= 15 is 0 Å². The average Bonchev–Trinajstić information content (AvgIpc) is 3.16. The van der Waals surface area contributed by atoms with Crippen molar-refractivity contribution in [1.29, 1.82) is 0 Å². The van der Waals surface area contributed by atoms with Gasteiger partial charge >= 0.3 is 0 Å². The third-order valence-electron chi connectivity index (χ3n) is 4.70. The Morgan fingerprint density at radius 3 is 2.73 bits per heavy atom. The van der Waals surface area contributed by atoms with Crippen LogP contribution in [0.3, 0.4) is 0 Å². The lowest BCUT2D eigenvalue weighted by Crippen LogP contribution is -2.18. The van der Waals surface area contributed by atoms with Crippen molar-refractivity contribution in [2.24, 2.45) is 15.9 Å². The van der Waals surface area contributed by atoms with Gasteiger partial charge in [-0.2, -0.15) is 4.99 Å². The summed E-state index contributed by atoms with van der Waals surface area (Å²) in [6.45, 7) is 10.0. The van der Waals surface area contributed by atoms with E-state index in [1.165, 1.54) is 10.2 Å². The maximum Gasteiger partial charge on any atom is 0.235 e. The van der Waals surface area contributed by atoms with Gasteiger partial charge in [-0.05, 0) is 38.3 Å². The lowest BCUT2D eigenvalue weighted by molar-refractivity contribution is -0.107. The summed E-state index contributed by atoms with van der Waals surface area (Å²) in [6, 6.07) is 6.22. The number of aryl methyl sites for hydroxylation is 1. The first-order valence-electron chi connectivity index (χ1n) is 9.72. The standard InChI is InChI=1S/C21H26N4O3S2/c1-13(2)11-30(27,28)21-24-25(20(29-21)22-12-26)10-15(4)9-17-16(5)23-19-7-6-14(3)8-18(17)19/h6-9,12-13,17H,10-11H2,1-5H3/b15-9+,22-20?. The molecule has 1 aliphatic heterocycles. The van der Waals surface area contributed by atoms with Crippen molar-refractivity contribution in [3.8, 4) is 0 Å². The van der Waals surface area contributed by atoms with Gasteiger partial charge in [-0.25, -0.2) is 13.1 Å². The van der Waals surface area contributed by atoms with Crippen LogP contribution in [0, 0.1) is 12.8 Å². The van der Waals surface area contributed by atoms with Gasteiger partial charge in [0.1, 0.15) is 0 Å². The van der Waals surface area contributed by atoms with E-state index in [-0.39, 0.29) is 26.7 Å². The van der Waals surface area contributed by atoms with Gasteiger partial charge in [0.25, 0.3) is 0 Å². The lowest BCUT2D eigenvalue weighted by Gasteiger charge is -2.11. The van der Waals surface area contributed by atoms with Crippen molar-refractivity contribution >= 4 is 39.0 Å². The minimum atomic E-state index is -3.52. The molecule has 0 fully saturated rings. The van der Waals surface area contributed by atoms with Crippen LogP contribution in [0.15, 0.2) is 44.2 Å². The maximum atomic E-state index is 12.6. The molecule has 0 radical (unpaired) electrons. The first-order valence-corrected chi connectivity index (χ1v) is 12.2. The van der Waals surface area contributed by atoms with Crippen molar-refractivity contribution in [3.63, 3.8) is 0 Å². The second-order valence-corrected chi connectivity index (χ2v) is 11.2. The molecule has 0 N–H and O–H groups in total. The molecule has 1 atom stereocenters. The number of fused-ring (bicyclic) bond motifs is 1. The molecule has 1 amide bonds. The first kappa shape index (κ1) is 22.3. The molecule has 0 spiro atoms. The zero-order valence-corrected chi connectivity index (χ0v) is 19.4. The molecule has 0 saturated carbocycles. The highest BCUT2D eigenvalue weighted by Crippen LogP contribution is 2.37. The molecule has 0 aliphatic carbocycles. The molecular weight excluding hydrogens is 420 g/mol. The monoisotopic (exact) mass is 446 g/mol. The predicted molar refractivity (Wildman–Crippen MR) is 119 cm³/mol. The third kappa shape index (κ3) is 4.84. The summed E-state index contributed by atoms with van der Waals surface area (Å²) < 4.78 is 26.6. The number of sulfone groups is 1. The van der Waals surface area contributed by atoms with Crippen LogP contribution in [0.4, 0.5) is 5.69 Å². The van der Waals surface area contributed by atoms with Crippen LogP contribution in [0.1, 0.15) is 44.7 Å². The number of carbonyl (C=O) groups is 1. The maximum absolute atomic E-state index is 12.6. The van der Waals surface area contributed by atoms with Crippen LogP contribution >= 0.6 is 11.3 Å². The highest BCUT2D eigenvalue weighted by atomic mass is 32.2. The fourth-order valence-electron chi connectivity index (χ4n) is 3.46. The number of rotatable bonds is 7. The van der Waals surface area contributed by atoms with Crippen molar-refractivity contribution in [3.05, 3.63) is 45.8 Å². The van der Waals surface area contributed by atoms with E-state index in [0.29, 0.717) is 13.0 Å². The van der Waals surface area contributed by atoms with Gasteiger partial charge < -0.3 is 0 Å². The van der Waals surface area contributed by atoms with E-state index < -0.39 is 9.84 Å². The Morgan fingerprint density at radius 1 is 1.33 bits per heavy atom. The quantitative estimate of drug-likeness (QED) is 0.480. The van der Waals surface area contributed by atoms with E-state index in [4.69, 9.17) is 0 Å². The summed E-state index contributed by atoms with van der Waals surface area (Å²) in [5.41, 5.74) is 5.31. The van der Waals surface area contributed by atoms with Crippen LogP contribution < -0.4 is 4.80 Å². The smallest absolute Gasteiger partial charge is 0.235 e. The van der Waals surface area contributed by atoms with Gasteiger partial charge in [0.05, 0.1) is 18.0 Å². The highest BCUT2D eigenvalue weighted by Gasteiger charge is 2.24. The van der Waals surface area contributed by atoms with Gasteiger partial charge in [0, 0.05) is 11.6 Å². The van der Waals surface area contributed by atoms with Crippen molar-refractivity contribution < 1.29 is 13.2 Å². The second-order valence-electron chi connectivity index (χ2n) is 8.02. The summed E-state index contributed by atoms with van der Waals surface area (Å²) >= 11 is 0.924. The molecule has 1 aliphatic rings. The number of allylic oxidation sites excluding steroid dienone is 2. The van der Waals surface area contributed by atoms with Crippen molar-refractivity contribution in [2.75, 3.05) is 5.75 Å². The topological polar surface area (TPSA) is 93.8 Å². The Hall–Kier alpha value is -2.39. The number of hydrogen-bond acceptors (Lipinski definition) is 6. The Kier molecular flexibility index (Phi) is 6.52. The molecular formula is C21H26N4O3S2. The molecule has 1 aromatic heterocycles. The number of carbonyl (C=O) groups excluding carboxylic acids is 1. The average molecular weight is 447 g/mol. The number of hydrogen-bond donors (Lipinski definition) is 0. The second kappa shape index (κ2) is 8.77. The van der Waals surface area contributed by atoms with Crippen LogP contribution in [0.2, 0.25) is 0 Å². The number of amides is 1. The molecule has 9 heteroatoms. The summed E-state index contributed by atoms with van der Waals surface area (Å²) in [6.07, 6.45) is 2.53. The Morgan fingerprint density at radius 2 is 2.07 bits per heavy atom. The molecule has 7 nitrogen and oxygen atoms in total. The fraction of sp³-hybridized carbons (Fsp3) is 0.429. The lowest BCUT2D eigenvalue weighted by atomic mass is 9.93. The molecule has 2 heterocycles. The van der Waals surface area contributed by atoms with E-state index in [1.54, 1.807) is 0 Å². The van der Waals surface area contributed by atoms with Gasteiger partial charge in [-0.3, -0.25) is 9.79 Å². The van der Waals surface area contributed by atoms with Gasteiger partial charge in [0.15, 0.2) is 0 Å². The van der Waals surface area contributed by atoms with Crippen molar-refractivity contribution in [2.45, 2.75) is 51.4 Å². The molecule has 30 heavy (non-hydrogen) atoms. The third-order valence-corrected chi connectivity index (χ3v) is 8.19. The van der Waals surface area contributed by atoms with Crippen LogP contribution in [-0.2, 0) is 21.2 Å². The summed E-state index contributed by atoms with van der Waals surface area (Å²) in [4.78, 5) is 19.7. The number of aromatic nitrogens is 2. The Bertz CT molecular complexity index is 1200. The van der Waals surface area contributed by atoms with Gasteiger partial charge in [0.2, 0.25) is 25.4 Å². The molecule has 0 saturated heterocycles. The highest BCUT2D eigenvalue weighted by molar-refractivity contribution is 7.93. The van der Waals surface area contributed by atoms with Gasteiger partial charge in [-0.1, -0.05) is 54.5 Å². The van der Waals surface area contributed by atoms with E-state index in [9.17, 15) is 13.2 Å². The molecule has 1 aromatic carbocycles. The van der Waals surface area contributed by atoms with E-state index in [2.05, 4.69) is 34.1 Å². The van der Waals surface area contributed by atoms with E-state index in [1.807, 2.05) is 39.8 Å². The van der Waals surface area contributed by atoms with Crippen molar-refractivity contribution in [1.82, 2.24) is 9.78 Å². The summed E-state index contributed by atoms with van der Waals surface area (Å²) in [5.74, 6) is 0.0485. The zero-order chi connectivity index (χ0) is 22.1. The van der Waals surface area contributed by atoms with Crippen LogP contribution in [-0.4, -0.2) is 36.1 Å². The molecule has 0 bridgehead atoms. The number of aliphatic imine (C=N–C) groups is 1. The fourth-order valence-corrected chi connectivity index (χ4v) is 6.24. The van der Waals surface area contributed by atoms with Crippen LogP contribution in [0.5, 0.6) is 0 Å². The minimum absolute atomic E-state index is 0.00370. The Labute approximate surface area is 180 Å². The SMILES string of the molecule is CC1=Nc2ccc(C)cc2C1/C=C(\C)Cn1nc(S(=O)(=O)CC(C)C)sc1=NC=O. The molecule has 1 unspecified atom stereocenters.